The number of hydrogen-bond donors (Lipinski definition) is 0. The Balaban J connectivity index is 1.51. The van der Waals surface area contributed by atoms with Crippen LogP contribution in [0.2, 0.25) is 0 Å². The van der Waals surface area contributed by atoms with Gasteiger partial charge >= 0.3 is 0 Å². The van der Waals surface area contributed by atoms with Gasteiger partial charge in [-0.25, -0.2) is 0 Å². The quantitative estimate of drug-likeness (QED) is 0.723. The lowest BCUT2D eigenvalue weighted by Crippen LogP contribution is -2.10. The molecule has 0 aromatic heterocycles. The minimum Gasteiger partial charge on any atom is -0.294 e. The molecule has 2 atom stereocenters. The Labute approximate surface area is 126 Å². The van der Waals surface area contributed by atoms with Gasteiger partial charge in [0, 0.05) is 11.5 Å². The molecule has 2 aliphatic rings. The van der Waals surface area contributed by atoms with Gasteiger partial charge in [-0.05, 0) is 48.3 Å². The van der Waals surface area contributed by atoms with E-state index in [4.69, 9.17) is 0 Å². The zero-order valence-electron chi connectivity index (χ0n) is 12.2. The Morgan fingerprint density at radius 3 is 2.38 bits per heavy atom. The monoisotopic (exact) mass is 276 g/mol. The molecule has 2 aliphatic carbocycles. The molecule has 0 spiro atoms. The van der Waals surface area contributed by atoms with Crippen molar-refractivity contribution in [1.82, 2.24) is 0 Å². The lowest BCUT2D eigenvalue weighted by Gasteiger charge is -2.26. The second-order valence-corrected chi connectivity index (χ2v) is 6.48. The summed E-state index contributed by atoms with van der Waals surface area (Å²) in [6, 6.07) is 18.8. The first kappa shape index (κ1) is 12.8. The minimum atomic E-state index is 0.198. The Hall–Kier alpha value is -1.89. The molecule has 2 aromatic rings. The molecule has 21 heavy (non-hydrogen) atoms. The van der Waals surface area contributed by atoms with Gasteiger partial charge in [0.05, 0.1) is 0 Å². The van der Waals surface area contributed by atoms with Crippen LogP contribution in [0.25, 0.3) is 0 Å². The molecule has 0 radical (unpaired) electrons. The number of ketones is 1. The van der Waals surface area contributed by atoms with E-state index in [1.165, 1.54) is 30.4 Å². The van der Waals surface area contributed by atoms with Gasteiger partial charge in [0.25, 0.3) is 0 Å². The first-order valence-electron chi connectivity index (χ1n) is 8.02. The van der Waals surface area contributed by atoms with Gasteiger partial charge in [-0.2, -0.15) is 0 Å². The highest BCUT2D eigenvalue weighted by molar-refractivity contribution is 6.00. The van der Waals surface area contributed by atoms with Crippen LogP contribution >= 0.6 is 0 Å². The normalized spacial score (nSPS) is 24.4. The number of carbonyl (C=O) groups excluding carboxylic acids is 1. The average Bonchev–Trinajstić information content (AvgIpc) is 3.26. The van der Waals surface area contributed by atoms with Gasteiger partial charge in [-0.3, -0.25) is 4.79 Å². The molecule has 0 bridgehead atoms. The number of benzene rings is 2. The highest BCUT2D eigenvalue weighted by Crippen LogP contribution is 2.49. The van der Waals surface area contributed by atoms with E-state index in [9.17, 15) is 4.79 Å². The second kappa shape index (κ2) is 5.14. The zero-order valence-corrected chi connectivity index (χ0v) is 12.2. The number of Topliss-reactive ketones (excluding diaryl/α,β-unsaturated/α-hetero) is 1. The molecule has 2 unspecified atom stereocenters. The van der Waals surface area contributed by atoms with Crippen molar-refractivity contribution in [3.05, 3.63) is 71.3 Å². The Bertz CT molecular complexity index is 655. The largest absolute Gasteiger partial charge is 0.294 e. The van der Waals surface area contributed by atoms with E-state index >= 15 is 0 Å². The topological polar surface area (TPSA) is 17.1 Å². The van der Waals surface area contributed by atoms with Crippen LogP contribution in [0.4, 0.5) is 0 Å². The van der Waals surface area contributed by atoms with Crippen molar-refractivity contribution in [2.24, 2.45) is 5.92 Å². The van der Waals surface area contributed by atoms with E-state index < -0.39 is 0 Å². The van der Waals surface area contributed by atoms with Crippen molar-refractivity contribution in [3.63, 3.8) is 0 Å². The molecule has 4 rings (SSSR count). The van der Waals surface area contributed by atoms with E-state index in [1.54, 1.807) is 0 Å². The summed E-state index contributed by atoms with van der Waals surface area (Å²) in [7, 11) is 0. The summed E-state index contributed by atoms with van der Waals surface area (Å²) in [5, 5.41) is 0. The molecular weight excluding hydrogens is 256 g/mol. The molecule has 1 nitrogen and oxygen atoms in total. The molecule has 0 saturated heterocycles. The third kappa shape index (κ3) is 2.42. The van der Waals surface area contributed by atoms with E-state index in [-0.39, 0.29) is 5.92 Å². The van der Waals surface area contributed by atoms with Crippen molar-refractivity contribution in [3.8, 4) is 0 Å². The van der Waals surface area contributed by atoms with Crippen LogP contribution in [0, 0.1) is 5.92 Å². The van der Waals surface area contributed by atoms with Crippen LogP contribution in [-0.4, -0.2) is 5.78 Å². The van der Waals surface area contributed by atoms with Crippen LogP contribution in [-0.2, 0) is 0 Å². The fourth-order valence-corrected chi connectivity index (χ4v) is 3.45. The number of hydrogen-bond acceptors (Lipinski definition) is 1. The molecule has 0 amide bonds. The van der Waals surface area contributed by atoms with Crippen molar-refractivity contribution in [1.29, 1.82) is 0 Å². The van der Waals surface area contributed by atoms with Crippen LogP contribution in [0.3, 0.4) is 0 Å². The first-order chi connectivity index (χ1) is 10.3. The van der Waals surface area contributed by atoms with Gasteiger partial charge < -0.3 is 0 Å². The standard InChI is InChI=1S/C20H20O/c21-20(19-13-18(19)15-6-2-1-3-7-15)17-11-5-10-16(12-17)14-8-4-9-14/h1-3,5-7,10-12,14,18-19H,4,8-9,13H2. The smallest absolute Gasteiger partial charge is 0.166 e. The first-order valence-corrected chi connectivity index (χ1v) is 8.02. The van der Waals surface area contributed by atoms with Crippen LogP contribution in [0.5, 0.6) is 0 Å². The zero-order chi connectivity index (χ0) is 14.2. The maximum Gasteiger partial charge on any atom is 0.166 e. The maximum atomic E-state index is 12.7. The molecule has 0 aliphatic heterocycles. The third-order valence-electron chi connectivity index (χ3n) is 5.10. The fourth-order valence-electron chi connectivity index (χ4n) is 3.45. The van der Waals surface area contributed by atoms with Crippen LogP contribution in [0.1, 0.15) is 59.0 Å². The van der Waals surface area contributed by atoms with E-state index in [0.29, 0.717) is 17.6 Å². The van der Waals surface area contributed by atoms with E-state index in [2.05, 4.69) is 42.5 Å². The predicted molar refractivity (Wildman–Crippen MR) is 84.7 cm³/mol. The van der Waals surface area contributed by atoms with Crippen molar-refractivity contribution >= 4 is 5.78 Å². The van der Waals surface area contributed by atoms with Gasteiger partial charge in [-0.15, -0.1) is 0 Å². The SMILES string of the molecule is O=C(c1cccc(C2CCC2)c1)C1CC1c1ccccc1. The van der Waals surface area contributed by atoms with Crippen molar-refractivity contribution in [2.45, 2.75) is 37.5 Å². The molecule has 2 aromatic carbocycles. The lowest BCUT2D eigenvalue weighted by atomic mass is 9.79. The summed E-state index contributed by atoms with van der Waals surface area (Å²) in [4.78, 5) is 12.7. The predicted octanol–water partition coefficient (Wildman–Crippen LogP) is 4.94. The molecule has 2 fully saturated rings. The summed E-state index contributed by atoms with van der Waals surface area (Å²) in [6.45, 7) is 0. The summed E-state index contributed by atoms with van der Waals surface area (Å²) in [5.74, 6) is 1.67. The number of carbonyl (C=O) groups is 1. The Morgan fingerprint density at radius 2 is 1.67 bits per heavy atom. The molecule has 1 heteroatoms. The average molecular weight is 276 g/mol. The number of rotatable bonds is 4. The Kier molecular flexibility index (Phi) is 3.14. The summed E-state index contributed by atoms with van der Waals surface area (Å²) < 4.78 is 0. The molecule has 0 N–H and O–H groups in total. The third-order valence-corrected chi connectivity index (χ3v) is 5.10. The summed E-state index contributed by atoms with van der Waals surface area (Å²) >= 11 is 0. The summed E-state index contributed by atoms with van der Waals surface area (Å²) in [6.07, 6.45) is 4.92. The second-order valence-electron chi connectivity index (χ2n) is 6.48. The fraction of sp³-hybridized carbons (Fsp3) is 0.350. The van der Waals surface area contributed by atoms with Crippen molar-refractivity contribution in [2.75, 3.05) is 0 Å². The molecule has 2 saturated carbocycles. The molecule has 0 heterocycles. The van der Waals surface area contributed by atoms with Gasteiger partial charge in [-0.1, -0.05) is 55.0 Å². The van der Waals surface area contributed by atoms with Crippen LogP contribution in [0.15, 0.2) is 54.6 Å². The van der Waals surface area contributed by atoms with E-state index in [0.717, 1.165) is 12.0 Å². The molecule has 106 valence electrons. The van der Waals surface area contributed by atoms with Crippen LogP contribution < -0.4 is 0 Å². The van der Waals surface area contributed by atoms with Gasteiger partial charge in [0.2, 0.25) is 0 Å². The molecular formula is C20H20O. The highest BCUT2D eigenvalue weighted by atomic mass is 16.1. The van der Waals surface area contributed by atoms with Gasteiger partial charge in [0.1, 0.15) is 0 Å². The highest BCUT2D eigenvalue weighted by Gasteiger charge is 2.43. The minimum absolute atomic E-state index is 0.198. The maximum absolute atomic E-state index is 12.7. The van der Waals surface area contributed by atoms with E-state index in [1.807, 2.05) is 12.1 Å². The van der Waals surface area contributed by atoms with Gasteiger partial charge in [0.15, 0.2) is 5.78 Å². The van der Waals surface area contributed by atoms with Crippen molar-refractivity contribution < 1.29 is 4.79 Å². The summed E-state index contributed by atoms with van der Waals surface area (Å²) in [5.41, 5.74) is 3.60. The lowest BCUT2D eigenvalue weighted by molar-refractivity contribution is 0.0965. The Morgan fingerprint density at radius 1 is 0.905 bits per heavy atom.